The topological polar surface area (TPSA) is 17.1 Å². The number of hydrogen-bond acceptors (Lipinski definition) is 1. The molecule has 0 saturated heterocycles. The molecule has 0 unspecified atom stereocenters. The Morgan fingerprint density at radius 1 is 1.18 bits per heavy atom. The summed E-state index contributed by atoms with van der Waals surface area (Å²) in [5.41, 5.74) is 5.54. The molecule has 1 nitrogen and oxygen atoms in total. The Kier molecular flexibility index (Phi) is 7.30. The quantitative estimate of drug-likeness (QED) is 0.268. The van der Waals surface area contributed by atoms with E-state index in [0.717, 1.165) is 24.5 Å². The van der Waals surface area contributed by atoms with Crippen LogP contribution in [0.4, 0.5) is 0 Å². The molecule has 0 aliphatic carbocycles. The third kappa shape index (κ3) is 6.42. The number of hydrogen-bond donors (Lipinski definition) is 0. The first-order chi connectivity index (χ1) is 10.3. The number of aryl methyl sites for hydroxylation is 1. The van der Waals surface area contributed by atoms with Crippen molar-refractivity contribution in [3.05, 3.63) is 65.1 Å². The largest absolute Gasteiger partial charge is 0.294 e. The first-order valence-electron chi connectivity index (χ1n) is 7.98. The van der Waals surface area contributed by atoms with Crippen molar-refractivity contribution in [3.63, 3.8) is 0 Å². The van der Waals surface area contributed by atoms with Gasteiger partial charge in [0, 0.05) is 11.6 Å². The third-order valence-corrected chi connectivity index (χ3v) is 5.68. The van der Waals surface area contributed by atoms with Crippen LogP contribution in [0.25, 0.3) is 0 Å². The van der Waals surface area contributed by atoms with Crippen molar-refractivity contribution < 1.29 is 4.79 Å². The van der Waals surface area contributed by atoms with Crippen LogP contribution in [0.5, 0.6) is 0 Å². The van der Waals surface area contributed by atoms with Gasteiger partial charge in [-0.3, -0.25) is 4.79 Å². The molecule has 0 bridgehead atoms. The molecule has 1 aromatic carbocycles. The highest BCUT2D eigenvalue weighted by Crippen LogP contribution is 2.18. The second-order valence-electron chi connectivity index (χ2n) is 6.80. The average molecular weight is 313 g/mol. The van der Waals surface area contributed by atoms with Gasteiger partial charge in [-0.25, -0.2) is 0 Å². The third-order valence-electron chi connectivity index (χ3n) is 3.72. The number of benzene rings is 1. The van der Waals surface area contributed by atoms with Crippen LogP contribution in [0.15, 0.2) is 59.5 Å². The maximum absolute atomic E-state index is 12.3. The Morgan fingerprint density at radius 2 is 1.82 bits per heavy atom. The van der Waals surface area contributed by atoms with Gasteiger partial charge in [0.25, 0.3) is 0 Å². The molecule has 0 atom stereocenters. The second-order valence-corrected chi connectivity index (χ2v) is 11.8. The Balaban J connectivity index is 2.45. The number of carbonyl (C=O) groups excluding carboxylic acids is 1. The van der Waals surface area contributed by atoms with Crippen molar-refractivity contribution >= 4 is 13.9 Å². The standard InChI is InChI=1S/C20H28OSi/c1-6-20(22(3,4)5)19(21)16-15-17(2)11-10-14-18-12-8-7-9-13-18/h7-9,11-13H,1,10,14-16H2,2-5H3/b17-11+. The second kappa shape index (κ2) is 8.72. The highest BCUT2D eigenvalue weighted by Gasteiger charge is 2.24. The molecule has 1 rings (SSSR count). The fourth-order valence-corrected chi connectivity index (χ4v) is 3.94. The van der Waals surface area contributed by atoms with Gasteiger partial charge in [-0.1, -0.05) is 68.2 Å². The Labute approximate surface area is 136 Å². The minimum absolute atomic E-state index is 0.227. The Morgan fingerprint density at radius 3 is 2.36 bits per heavy atom. The fourth-order valence-electron chi connectivity index (χ4n) is 2.45. The molecular weight excluding hydrogens is 284 g/mol. The molecular formula is C20H28OSi. The van der Waals surface area contributed by atoms with E-state index in [1.54, 1.807) is 0 Å². The summed E-state index contributed by atoms with van der Waals surface area (Å²) >= 11 is 0. The number of ketones is 1. The molecule has 118 valence electrons. The molecule has 0 radical (unpaired) electrons. The van der Waals surface area contributed by atoms with Crippen LogP contribution in [0.2, 0.25) is 19.6 Å². The van der Waals surface area contributed by atoms with Crippen molar-refractivity contribution in [1.29, 1.82) is 0 Å². The molecule has 0 aliphatic rings. The summed E-state index contributed by atoms with van der Waals surface area (Å²) in [6.07, 6.45) is 5.76. The van der Waals surface area contributed by atoms with Crippen LogP contribution >= 0.6 is 0 Å². The lowest BCUT2D eigenvalue weighted by Crippen LogP contribution is -2.29. The van der Waals surface area contributed by atoms with Gasteiger partial charge in [0.1, 0.15) is 0 Å². The van der Waals surface area contributed by atoms with Crippen LogP contribution in [-0.2, 0) is 11.2 Å². The molecule has 0 saturated carbocycles. The van der Waals surface area contributed by atoms with E-state index in [1.807, 2.05) is 6.07 Å². The van der Waals surface area contributed by atoms with Crippen molar-refractivity contribution in [1.82, 2.24) is 0 Å². The predicted octanol–water partition coefficient (Wildman–Crippen LogP) is 5.50. The number of Topliss-reactive ketones (excluding diaryl/α,β-unsaturated/α-hetero) is 1. The van der Waals surface area contributed by atoms with Gasteiger partial charge in [-0.05, 0) is 31.7 Å². The fraction of sp³-hybridized carbons (Fsp3) is 0.400. The van der Waals surface area contributed by atoms with Gasteiger partial charge in [0.05, 0.1) is 8.07 Å². The van der Waals surface area contributed by atoms with E-state index in [9.17, 15) is 4.79 Å². The first-order valence-corrected chi connectivity index (χ1v) is 11.5. The van der Waals surface area contributed by atoms with E-state index in [-0.39, 0.29) is 5.78 Å². The number of allylic oxidation sites excluding steroid dienone is 3. The summed E-state index contributed by atoms with van der Waals surface area (Å²) in [5.74, 6) is 0.227. The maximum Gasteiger partial charge on any atom is 0.162 e. The van der Waals surface area contributed by atoms with Gasteiger partial charge in [-0.15, -0.1) is 5.73 Å². The number of carbonyl (C=O) groups is 1. The molecule has 0 heterocycles. The van der Waals surface area contributed by atoms with E-state index < -0.39 is 8.07 Å². The predicted molar refractivity (Wildman–Crippen MR) is 98.8 cm³/mol. The molecule has 1 aromatic rings. The molecule has 0 aliphatic heterocycles. The summed E-state index contributed by atoms with van der Waals surface area (Å²) in [5, 5.41) is 0.851. The van der Waals surface area contributed by atoms with Crippen molar-refractivity contribution in [2.75, 3.05) is 0 Å². The highest BCUT2D eigenvalue weighted by atomic mass is 28.3. The lowest BCUT2D eigenvalue weighted by molar-refractivity contribution is -0.115. The monoisotopic (exact) mass is 312 g/mol. The van der Waals surface area contributed by atoms with Gasteiger partial charge in [0.2, 0.25) is 0 Å². The van der Waals surface area contributed by atoms with Gasteiger partial charge in [0.15, 0.2) is 5.78 Å². The lowest BCUT2D eigenvalue weighted by Gasteiger charge is -2.17. The zero-order valence-corrected chi connectivity index (χ0v) is 15.4. The summed E-state index contributed by atoms with van der Waals surface area (Å²) in [7, 11) is -1.62. The lowest BCUT2D eigenvalue weighted by atomic mass is 10.1. The summed E-state index contributed by atoms with van der Waals surface area (Å²) < 4.78 is 0. The molecule has 0 spiro atoms. The van der Waals surface area contributed by atoms with E-state index >= 15 is 0 Å². The Hall–Kier alpha value is -1.63. The zero-order chi connectivity index (χ0) is 16.6. The van der Waals surface area contributed by atoms with Crippen molar-refractivity contribution in [3.8, 4) is 0 Å². The molecule has 2 heteroatoms. The van der Waals surface area contributed by atoms with E-state index in [2.05, 4.69) is 69.2 Å². The summed E-state index contributed by atoms with van der Waals surface area (Å²) in [4.78, 5) is 12.3. The normalized spacial score (nSPS) is 11.9. The highest BCUT2D eigenvalue weighted by molar-refractivity contribution is 6.87. The smallest absolute Gasteiger partial charge is 0.162 e. The molecule has 0 amide bonds. The van der Waals surface area contributed by atoms with E-state index in [0.29, 0.717) is 6.42 Å². The Bertz CT molecular complexity index is 569. The summed E-state index contributed by atoms with van der Waals surface area (Å²) in [6, 6.07) is 10.5. The van der Waals surface area contributed by atoms with Gasteiger partial charge < -0.3 is 0 Å². The van der Waals surface area contributed by atoms with Gasteiger partial charge >= 0.3 is 0 Å². The molecule has 22 heavy (non-hydrogen) atoms. The van der Waals surface area contributed by atoms with Gasteiger partial charge in [-0.2, -0.15) is 0 Å². The van der Waals surface area contributed by atoms with Crippen LogP contribution in [0.3, 0.4) is 0 Å². The van der Waals surface area contributed by atoms with E-state index in [4.69, 9.17) is 0 Å². The van der Waals surface area contributed by atoms with Crippen LogP contribution in [0.1, 0.15) is 31.7 Å². The number of rotatable bonds is 8. The minimum atomic E-state index is -1.62. The molecule has 0 fully saturated rings. The zero-order valence-electron chi connectivity index (χ0n) is 14.4. The average Bonchev–Trinajstić information content (AvgIpc) is 2.45. The van der Waals surface area contributed by atoms with E-state index in [1.165, 1.54) is 11.1 Å². The minimum Gasteiger partial charge on any atom is -0.294 e. The SMILES string of the molecule is C=C=C(C(=O)CC/C(C)=C/CCc1ccccc1)[Si](C)(C)C. The van der Waals surface area contributed by atoms with Crippen LogP contribution < -0.4 is 0 Å². The first kappa shape index (κ1) is 18.4. The van der Waals surface area contributed by atoms with Crippen molar-refractivity contribution in [2.45, 2.75) is 52.2 Å². The summed E-state index contributed by atoms with van der Waals surface area (Å²) in [6.45, 7) is 12.3. The van der Waals surface area contributed by atoms with Crippen LogP contribution in [0, 0.1) is 0 Å². The van der Waals surface area contributed by atoms with Crippen molar-refractivity contribution in [2.24, 2.45) is 0 Å². The maximum atomic E-state index is 12.3. The molecule has 0 N–H and O–H groups in total. The van der Waals surface area contributed by atoms with Crippen LogP contribution in [-0.4, -0.2) is 13.9 Å². The molecule has 0 aromatic heterocycles.